The molecule has 0 unspecified atom stereocenters. The van der Waals surface area contributed by atoms with Gasteiger partial charge in [0, 0.05) is 12.1 Å². The number of allylic oxidation sites excluding steroid dienone is 1. The van der Waals surface area contributed by atoms with Crippen molar-refractivity contribution >= 4 is 12.1 Å². The molecule has 2 heterocycles. The topological polar surface area (TPSA) is 74.3 Å². The Morgan fingerprint density at radius 3 is 2.55 bits per heavy atom. The van der Waals surface area contributed by atoms with Gasteiger partial charge < -0.3 is 23.8 Å². The molecule has 2 fully saturated rings. The summed E-state index contributed by atoms with van der Waals surface area (Å²) in [5.74, 6) is 0.700. The number of rotatable bonds is 5. The van der Waals surface area contributed by atoms with E-state index in [4.69, 9.17) is 18.9 Å². The van der Waals surface area contributed by atoms with Gasteiger partial charge in [-0.25, -0.2) is 9.59 Å². The number of amides is 1. The fourth-order valence-corrected chi connectivity index (χ4v) is 6.03. The van der Waals surface area contributed by atoms with E-state index in [1.54, 1.807) is 0 Å². The number of hydrogen-bond donors (Lipinski definition) is 0. The molecule has 0 saturated carbocycles. The zero-order chi connectivity index (χ0) is 23.8. The minimum atomic E-state index is -0.571. The summed E-state index contributed by atoms with van der Waals surface area (Å²) in [6.07, 6.45) is 7.20. The van der Waals surface area contributed by atoms with Gasteiger partial charge in [-0.15, -0.1) is 0 Å². The van der Waals surface area contributed by atoms with Crippen molar-refractivity contribution < 1.29 is 28.5 Å². The van der Waals surface area contributed by atoms with Gasteiger partial charge in [0.05, 0.1) is 26.4 Å². The molecule has 0 aromatic heterocycles. The molecule has 2 aliphatic carbocycles. The van der Waals surface area contributed by atoms with E-state index in [9.17, 15) is 9.59 Å². The molecule has 0 radical (unpaired) electrons. The van der Waals surface area contributed by atoms with Gasteiger partial charge in [0.15, 0.2) is 6.29 Å². The van der Waals surface area contributed by atoms with E-state index < -0.39 is 5.60 Å². The van der Waals surface area contributed by atoms with Crippen molar-refractivity contribution in [2.45, 2.75) is 84.2 Å². The molecule has 33 heavy (non-hydrogen) atoms. The maximum atomic E-state index is 13.3. The van der Waals surface area contributed by atoms with Gasteiger partial charge >= 0.3 is 12.1 Å². The average molecular weight is 462 g/mol. The van der Waals surface area contributed by atoms with Crippen molar-refractivity contribution in [2.24, 2.45) is 17.8 Å². The number of carbonyl (C=O) groups is 2. The highest BCUT2D eigenvalue weighted by molar-refractivity contribution is 5.91. The lowest BCUT2D eigenvalue weighted by Crippen LogP contribution is -2.45. The highest BCUT2D eigenvalue weighted by Gasteiger charge is 2.50. The van der Waals surface area contributed by atoms with Crippen LogP contribution in [-0.2, 0) is 23.7 Å². The molecule has 4 aliphatic rings. The van der Waals surface area contributed by atoms with E-state index in [2.05, 4.69) is 13.0 Å². The Bertz CT molecular complexity index is 819. The Morgan fingerprint density at radius 2 is 1.88 bits per heavy atom. The summed E-state index contributed by atoms with van der Waals surface area (Å²) in [6, 6.07) is -0.150. The first-order valence-corrected chi connectivity index (χ1v) is 12.4. The second kappa shape index (κ2) is 9.79. The number of likely N-dealkylation sites (tertiary alicyclic amines) is 1. The maximum absolute atomic E-state index is 13.3. The number of hydrogen-bond acceptors (Lipinski definition) is 6. The maximum Gasteiger partial charge on any atom is 0.410 e. The van der Waals surface area contributed by atoms with Gasteiger partial charge in [0.2, 0.25) is 0 Å². The number of fused-ring (bicyclic) bond motifs is 1. The lowest BCUT2D eigenvalue weighted by molar-refractivity contribution is -0.136. The molecule has 0 aromatic rings. The van der Waals surface area contributed by atoms with Crippen molar-refractivity contribution in [3.63, 3.8) is 0 Å². The Balaban J connectivity index is 1.66. The van der Waals surface area contributed by atoms with E-state index in [1.165, 1.54) is 12.7 Å². The smallest absolute Gasteiger partial charge is 0.410 e. The van der Waals surface area contributed by atoms with Gasteiger partial charge in [0.1, 0.15) is 5.60 Å². The summed E-state index contributed by atoms with van der Waals surface area (Å²) in [4.78, 5) is 28.0. The lowest BCUT2D eigenvalue weighted by Gasteiger charge is -2.38. The Morgan fingerprint density at radius 1 is 1.15 bits per heavy atom. The molecular weight excluding hydrogens is 422 g/mol. The van der Waals surface area contributed by atoms with Gasteiger partial charge in [-0.2, -0.15) is 0 Å². The number of esters is 1. The molecule has 2 saturated heterocycles. The van der Waals surface area contributed by atoms with Crippen LogP contribution in [0.4, 0.5) is 4.79 Å². The first-order valence-electron chi connectivity index (χ1n) is 12.4. The van der Waals surface area contributed by atoms with Gasteiger partial charge in [-0.1, -0.05) is 13.0 Å². The van der Waals surface area contributed by atoms with Crippen molar-refractivity contribution in [3.05, 3.63) is 22.8 Å². The predicted molar refractivity (Wildman–Crippen MR) is 123 cm³/mol. The van der Waals surface area contributed by atoms with Crippen LogP contribution in [0.15, 0.2) is 22.8 Å². The third kappa shape index (κ3) is 5.14. The second-order valence-corrected chi connectivity index (χ2v) is 10.8. The van der Waals surface area contributed by atoms with Crippen LogP contribution in [-0.4, -0.2) is 61.8 Å². The first kappa shape index (κ1) is 24.3. The van der Waals surface area contributed by atoms with Crippen LogP contribution < -0.4 is 0 Å². The first-order chi connectivity index (χ1) is 15.7. The van der Waals surface area contributed by atoms with E-state index in [1.807, 2.05) is 25.7 Å². The Labute approximate surface area is 197 Å². The third-order valence-corrected chi connectivity index (χ3v) is 7.44. The van der Waals surface area contributed by atoms with Crippen LogP contribution in [0.3, 0.4) is 0 Å². The fraction of sp³-hybridized carbons (Fsp3) is 0.769. The Hall–Kier alpha value is -1.86. The molecule has 7 heteroatoms. The molecule has 184 valence electrons. The molecule has 1 amide bonds. The van der Waals surface area contributed by atoms with Gasteiger partial charge in [-0.05, 0) is 88.2 Å². The molecule has 0 bridgehead atoms. The molecule has 0 N–H and O–H groups in total. The van der Waals surface area contributed by atoms with Crippen LogP contribution in [0.2, 0.25) is 0 Å². The predicted octanol–water partition coefficient (Wildman–Crippen LogP) is 4.61. The minimum absolute atomic E-state index is 0.134. The molecule has 4 atom stereocenters. The molecule has 4 rings (SSSR count). The molecule has 7 nitrogen and oxygen atoms in total. The number of carbonyl (C=O) groups excluding carboxylic acids is 2. The van der Waals surface area contributed by atoms with Crippen LogP contribution in [0.1, 0.15) is 66.2 Å². The SMILES string of the molecule is COC(=O)C1=C(C2=CCC[C@@H]2CCC2OCCO2)[C@@H]2[C@H](CC1)[C@H](C)CN2C(=O)OC(C)(C)C. The van der Waals surface area contributed by atoms with E-state index in [-0.39, 0.29) is 24.4 Å². The summed E-state index contributed by atoms with van der Waals surface area (Å²) in [7, 11) is 1.44. The van der Waals surface area contributed by atoms with E-state index >= 15 is 0 Å². The van der Waals surface area contributed by atoms with Crippen LogP contribution >= 0.6 is 0 Å². The fourth-order valence-electron chi connectivity index (χ4n) is 6.03. The monoisotopic (exact) mass is 461 g/mol. The van der Waals surface area contributed by atoms with Crippen LogP contribution in [0, 0.1) is 17.8 Å². The van der Waals surface area contributed by atoms with E-state index in [0.29, 0.717) is 43.9 Å². The highest BCUT2D eigenvalue weighted by Crippen LogP contribution is 2.49. The van der Waals surface area contributed by atoms with Gasteiger partial charge in [0.25, 0.3) is 0 Å². The zero-order valence-corrected chi connectivity index (χ0v) is 20.7. The standard InChI is InChI=1S/C26H39NO6/c1-16-15-27(25(29)33-26(2,3)4)23-18(16)10-11-20(24(28)30-5)22(23)19-8-6-7-17(19)9-12-21-31-13-14-32-21/h8,16-18,21,23H,6-7,9-15H2,1-5H3/t16-,17-,18-,23+/m1/s1. The molecule has 2 aliphatic heterocycles. The zero-order valence-electron chi connectivity index (χ0n) is 20.7. The van der Waals surface area contributed by atoms with Gasteiger partial charge in [-0.3, -0.25) is 0 Å². The molecular formula is C26H39NO6. The molecule has 0 aromatic carbocycles. The Kier molecular flexibility index (Phi) is 7.20. The lowest BCUT2D eigenvalue weighted by atomic mass is 9.72. The highest BCUT2D eigenvalue weighted by atomic mass is 16.7. The summed E-state index contributed by atoms with van der Waals surface area (Å²) >= 11 is 0. The van der Waals surface area contributed by atoms with Crippen molar-refractivity contribution in [1.82, 2.24) is 4.90 Å². The van der Waals surface area contributed by atoms with Crippen molar-refractivity contribution in [3.8, 4) is 0 Å². The van der Waals surface area contributed by atoms with Crippen LogP contribution in [0.25, 0.3) is 0 Å². The average Bonchev–Trinajstić information content (AvgIpc) is 3.50. The number of ether oxygens (including phenoxy) is 4. The quantitative estimate of drug-likeness (QED) is 0.557. The second-order valence-electron chi connectivity index (χ2n) is 10.8. The molecule has 0 spiro atoms. The third-order valence-electron chi connectivity index (χ3n) is 7.44. The van der Waals surface area contributed by atoms with E-state index in [0.717, 1.165) is 43.3 Å². The summed E-state index contributed by atoms with van der Waals surface area (Å²) in [6.45, 7) is 9.83. The largest absolute Gasteiger partial charge is 0.466 e. The van der Waals surface area contributed by atoms with Crippen molar-refractivity contribution in [1.29, 1.82) is 0 Å². The summed E-state index contributed by atoms with van der Waals surface area (Å²) in [5, 5.41) is 0. The minimum Gasteiger partial charge on any atom is -0.466 e. The number of methoxy groups -OCH3 is 1. The summed E-state index contributed by atoms with van der Waals surface area (Å²) < 4.78 is 22.3. The van der Waals surface area contributed by atoms with Crippen LogP contribution in [0.5, 0.6) is 0 Å². The van der Waals surface area contributed by atoms with Crippen molar-refractivity contribution in [2.75, 3.05) is 26.9 Å². The number of nitrogens with zero attached hydrogens (tertiary/aromatic N) is 1. The summed E-state index contributed by atoms with van der Waals surface area (Å²) in [5.41, 5.74) is 2.39. The normalized spacial score (nSPS) is 30.5.